The van der Waals surface area contributed by atoms with Crippen molar-refractivity contribution < 1.29 is 30.0 Å². The van der Waals surface area contributed by atoms with Crippen LogP contribution in [-0.4, -0.2) is 15.9 Å². The van der Waals surface area contributed by atoms with Gasteiger partial charge >= 0.3 is 0 Å². The summed E-state index contributed by atoms with van der Waals surface area (Å²) in [5, 5.41) is 10.8. The minimum atomic E-state index is -0.417. The van der Waals surface area contributed by atoms with Crippen molar-refractivity contribution in [2.75, 3.05) is 0 Å². The number of hydrogen-bond acceptors (Lipinski definition) is 3. The number of allylic oxidation sites excluding steroid dienone is 2. The van der Waals surface area contributed by atoms with Crippen LogP contribution in [0.3, 0.4) is 0 Å². The first kappa shape index (κ1) is 31.7. The number of carbonyl (C=O) groups excluding carboxylic acids is 1. The van der Waals surface area contributed by atoms with E-state index in [1.807, 2.05) is 41.5 Å². The molecule has 1 aromatic heterocycles. The number of benzene rings is 2. The van der Waals surface area contributed by atoms with Crippen LogP contribution < -0.4 is 0 Å². The van der Waals surface area contributed by atoms with Gasteiger partial charge in [0.05, 0.1) is 5.52 Å². The Morgan fingerprint density at radius 1 is 0.917 bits per heavy atom. The molecule has 1 heterocycles. The van der Waals surface area contributed by atoms with Crippen molar-refractivity contribution in [2.24, 2.45) is 10.8 Å². The van der Waals surface area contributed by atoms with Gasteiger partial charge in [-0.25, -0.2) is 0 Å². The Bertz CT molecular complexity index is 1220. The minimum absolute atomic E-state index is 0. The molecule has 0 aliphatic rings. The maximum absolute atomic E-state index is 11.5. The van der Waals surface area contributed by atoms with Gasteiger partial charge in [0, 0.05) is 37.0 Å². The van der Waals surface area contributed by atoms with Crippen LogP contribution in [0.5, 0.6) is 0 Å². The molecule has 0 saturated heterocycles. The molecule has 1 N–H and O–H groups in total. The van der Waals surface area contributed by atoms with E-state index in [4.69, 9.17) is 4.98 Å². The molecular formula is C32H42IrNO2-. The zero-order valence-corrected chi connectivity index (χ0v) is 26.1. The second-order valence-electron chi connectivity index (χ2n) is 11.9. The van der Waals surface area contributed by atoms with Crippen molar-refractivity contribution in [1.29, 1.82) is 0 Å². The molecule has 3 aromatic rings. The standard InChI is InChI=1S/C21H22N.C11H20O2.Ir/c1-13(2)19-12-17-9-14(3)6-7-20(17)22-21(19)18-10-15(4)8-16(5)11-18;1-10(2,3)8(12)7-9(13)11(4,5)6;/h6-10,12-13H,1-5H3;7,12H,1-6H3;/q-1;;/b;8-7-;. The summed E-state index contributed by atoms with van der Waals surface area (Å²) in [4.78, 5) is 16.4. The smallest absolute Gasteiger partial charge is 0.164 e. The fourth-order valence-electron chi connectivity index (χ4n) is 3.55. The first-order valence-corrected chi connectivity index (χ1v) is 12.4. The van der Waals surface area contributed by atoms with Crippen LogP contribution in [0.1, 0.15) is 83.6 Å². The van der Waals surface area contributed by atoms with Gasteiger partial charge in [-0.05, 0) is 36.1 Å². The molecule has 0 fully saturated rings. The number of aromatic nitrogens is 1. The van der Waals surface area contributed by atoms with Crippen LogP contribution in [0.2, 0.25) is 0 Å². The number of aliphatic hydroxyl groups is 1. The molecular weight excluding hydrogens is 623 g/mol. The van der Waals surface area contributed by atoms with Crippen molar-refractivity contribution >= 4 is 16.7 Å². The van der Waals surface area contributed by atoms with Gasteiger partial charge < -0.3 is 5.11 Å². The summed E-state index contributed by atoms with van der Waals surface area (Å²) in [6.45, 7) is 21.9. The topological polar surface area (TPSA) is 50.2 Å². The van der Waals surface area contributed by atoms with E-state index in [9.17, 15) is 9.90 Å². The SMILES string of the molecule is CC(C)(C)C(=O)/C=C(\O)C(C)(C)C.Cc1[c-]c(-c2nc3ccc(C)cc3cc2C(C)C)cc(C)c1.[Ir]. The molecule has 0 bridgehead atoms. The zero-order chi connectivity index (χ0) is 26.7. The Kier molecular flexibility index (Phi) is 10.8. The van der Waals surface area contributed by atoms with Gasteiger partial charge in [-0.3, -0.25) is 9.78 Å². The van der Waals surface area contributed by atoms with Gasteiger partial charge in [0.15, 0.2) is 5.78 Å². The Labute approximate surface area is 231 Å². The van der Waals surface area contributed by atoms with Crippen molar-refractivity contribution in [3.05, 3.63) is 76.6 Å². The molecule has 197 valence electrons. The largest absolute Gasteiger partial charge is 0.512 e. The van der Waals surface area contributed by atoms with Crippen molar-refractivity contribution in [1.82, 2.24) is 4.98 Å². The van der Waals surface area contributed by atoms with Crippen LogP contribution in [0, 0.1) is 37.7 Å². The Morgan fingerprint density at radius 2 is 1.53 bits per heavy atom. The average Bonchev–Trinajstić information content (AvgIpc) is 2.71. The fourth-order valence-corrected chi connectivity index (χ4v) is 3.55. The van der Waals surface area contributed by atoms with Crippen LogP contribution in [0.15, 0.2) is 48.2 Å². The summed E-state index contributed by atoms with van der Waals surface area (Å²) >= 11 is 0. The van der Waals surface area contributed by atoms with E-state index in [0.29, 0.717) is 5.92 Å². The molecule has 2 aromatic carbocycles. The molecule has 4 heteroatoms. The molecule has 0 atom stereocenters. The first-order valence-electron chi connectivity index (χ1n) is 12.4. The Hall–Kier alpha value is -2.29. The van der Waals surface area contributed by atoms with Crippen LogP contribution in [0.4, 0.5) is 0 Å². The van der Waals surface area contributed by atoms with Crippen molar-refractivity contribution in [2.45, 2.75) is 82.1 Å². The molecule has 0 saturated carbocycles. The zero-order valence-electron chi connectivity index (χ0n) is 23.8. The summed E-state index contributed by atoms with van der Waals surface area (Å²) in [5.74, 6) is 0.536. The van der Waals surface area contributed by atoms with Gasteiger partial charge in [-0.1, -0.05) is 92.5 Å². The maximum atomic E-state index is 11.5. The molecule has 3 nitrogen and oxygen atoms in total. The van der Waals surface area contributed by atoms with Crippen LogP contribution in [0.25, 0.3) is 22.2 Å². The average molecular weight is 665 g/mol. The van der Waals surface area contributed by atoms with E-state index in [2.05, 4.69) is 77.1 Å². The van der Waals surface area contributed by atoms with Crippen molar-refractivity contribution in [3.8, 4) is 11.3 Å². The van der Waals surface area contributed by atoms with Gasteiger partial charge in [0.2, 0.25) is 0 Å². The van der Waals surface area contributed by atoms with Crippen LogP contribution >= 0.6 is 0 Å². The van der Waals surface area contributed by atoms with Gasteiger partial charge in [0.25, 0.3) is 0 Å². The van der Waals surface area contributed by atoms with E-state index in [1.54, 1.807) is 0 Å². The molecule has 1 radical (unpaired) electrons. The number of hydrogen-bond donors (Lipinski definition) is 1. The monoisotopic (exact) mass is 665 g/mol. The number of aliphatic hydroxyl groups excluding tert-OH is 1. The van der Waals surface area contributed by atoms with E-state index < -0.39 is 5.41 Å². The number of carbonyl (C=O) groups is 1. The molecule has 0 aliphatic heterocycles. The van der Waals surface area contributed by atoms with E-state index in [1.165, 1.54) is 28.2 Å². The first-order chi connectivity index (χ1) is 16.0. The summed E-state index contributed by atoms with van der Waals surface area (Å²) in [6.07, 6.45) is 1.33. The normalized spacial score (nSPS) is 12.2. The van der Waals surface area contributed by atoms with E-state index >= 15 is 0 Å². The molecule has 3 rings (SSSR count). The van der Waals surface area contributed by atoms with Crippen molar-refractivity contribution in [3.63, 3.8) is 0 Å². The van der Waals surface area contributed by atoms with Crippen LogP contribution in [-0.2, 0) is 24.9 Å². The quantitative estimate of drug-likeness (QED) is 0.173. The minimum Gasteiger partial charge on any atom is -0.512 e. The molecule has 0 unspecified atom stereocenters. The molecule has 0 spiro atoms. The van der Waals surface area contributed by atoms with Gasteiger partial charge in [-0.2, -0.15) is 0 Å². The number of aryl methyl sites for hydroxylation is 3. The predicted octanol–water partition coefficient (Wildman–Crippen LogP) is 8.84. The second kappa shape index (κ2) is 12.3. The molecule has 0 aliphatic carbocycles. The van der Waals surface area contributed by atoms with E-state index in [0.717, 1.165) is 22.3 Å². The van der Waals surface area contributed by atoms with Gasteiger partial charge in [0.1, 0.15) is 5.76 Å². The molecule has 36 heavy (non-hydrogen) atoms. The maximum Gasteiger partial charge on any atom is 0.164 e. The Morgan fingerprint density at radius 3 is 2.03 bits per heavy atom. The number of pyridine rings is 1. The van der Waals surface area contributed by atoms with Gasteiger partial charge in [-0.15, -0.1) is 34.9 Å². The third-order valence-corrected chi connectivity index (χ3v) is 5.80. The summed E-state index contributed by atoms with van der Waals surface area (Å²) < 4.78 is 0. The number of fused-ring (bicyclic) bond motifs is 1. The number of rotatable bonds is 3. The summed E-state index contributed by atoms with van der Waals surface area (Å²) in [5.41, 5.74) is 7.44. The Balaban J connectivity index is 0.000000402. The van der Waals surface area contributed by atoms with E-state index in [-0.39, 0.29) is 37.1 Å². The summed E-state index contributed by atoms with van der Waals surface area (Å²) in [6, 6.07) is 16.6. The molecule has 0 amide bonds. The number of ketones is 1. The fraction of sp³-hybridized carbons (Fsp3) is 0.438. The third-order valence-electron chi connectivity index (χ3n) is 5.80. The number of nitrogens with zero attached hydrogens (tertiary/aromatic N) is 1. The third kappa shape index (κ3) is 8.68. The summed E-state index contributed by atoms with van der Waals surface area (Å²) in [7, 11) is 0. The second-order valence-corrected chi connectivity index (χ2v) is 11.9. The predicted molar refractivity (Wildman–Crippen MR) is 149 cm³/mol.